The predicted molar refractivity (Wildman–Crippen MR) is 66.0 cm³/mol. The molecule has 1 unspecified atom stereocenters. The van der Waals surface area contributed by atoms with Crippen LogP contribution in [-0.4, -0.2) is 59.2 Å². The van der Waals surface area contributed by atoms with E-state index in [4.69, 9.17) is 0 Å². The van der Waals surface area contributed by atoms with E-state index in [-0.39, 0.29) is 0 Å². The van der Waals surface area contributed by atoms with Gasteiger partial charge in [-0.05, 0) is 32.1 Å². The second-order valence-electron chi connectivity index (χ2n) is 4.83. The van der Waals surface area contributed by atoms with Crippen LogP contribution in [-0.2, 0) is 4.79 Å². The lowest BCUT2D eigenvalue weighted by molar-refractivity contribution is -0.143. The van der Waals surface area contributed by atoms with E-state index in [2.05, 4.69) is 17.3 Å². The zero-order chi connectivity index (χ0) is 11.6. The lowest BCUT2D eigenvalue weighted by atomic mass is 9.99. The largest absolute Gasteiger partial charge is 0.480 e. The first-order valence-electron chi connectivity index (χ1n) is 5.90. The van der Waals surface area contributed by atoms with Crippen LogP contribution in [0.25, 0.3) is 0 Å². The van der Waals surface area contributed by atoms with Gasteiger partial charge in [0.25, 0.3) is 0 Å². The van der Waals surface area contributed by atoms with Crippen molar-refractivity contribution < 1.29 is 9.90 Å². The van der Waals surface area contributed by atoms with Gasteiger partial charge < -0.3 is 10.0 Å². The molecule has 0 amide bonds. The van der Waals surface area contributed by atoms with Crippen molar-refractivity contribution in [3.63, 3.8) is 0 Å². The number of hydrogen-bond donors (Lipinski definition) is 2. The predicted octanol–water partition coefficient (Wildman–Crippen LogP) is 0.630. The van der Waals surface area contributed by atoms with Gasteiger partial charge in [0.05, 0.1) is 0 Å². The molecule has 1 saturated heterocycles. The first-order chi connectivity index (χ1) is 7.64. The number of nitrogens with one attached hydrogen (secondary N) is 1. The third-order valence-electron chi connectivity index (χ3n) is 3.53. The van der Waals surface area contributed by atoms with Crippen LogP contribution in [0.15, 0.2) is 0 Å². The molecule has 1 heterocycles. The molecule has 1 aliphatic heterocycles. The molecular weight excluding hydrogens is 224 g/mol. The normalized spacial score (nSPS) is 29.9. The first kappa shape index (κ1) is 12.2. The average Bonchev–Trinajstić information content (AvgIpc) is 2.99. The summed E-state index contributed by atoms with van der Waals surface area (Å²) in [4.78, 5) is 13.6. The highest BCUT2D eigenvalue weighted by molar-refractivity contribution is 7.99. The lowest BCUT2D eigenvalue weighted by Crippen LogP contribution is -2.54. The van der Waals surface area contributed by atoms with Gasteiger partial charge in [0, 0.05) is 24.9 Å². The van der Waals surface area contributed by atoms with E-state index < -0.39 is 11.5 Å². The number of thioether (sulfide) groups is 1. The summed E-state index contributed by atoms with van der Waals surface area (Å²) >= 11 is 1.73. The van der Waals surface area contributed by atoms with Gasteiger partial charge >= 0.3 is 5.97 Å². The monoisotopic (exact) mass is 244 g/mol. The Morgan fingerprint density at radius 2 is 2.38 bits per heavy atom. The molecule has 0 aromatic heterocycles. The molecule has 16 heavy (non-hydrogen) atoms. The second-order valence-corrected chi connectivity index (χ2v) is 5.93. The van der Waals surface area contributed by atoms with E-state index in [1.807, 2.05) is 0 Å². The maximum absolute atomic E-state index is 11.3. The summed E-state index contributed by atoms with van der Waals surface area (Å²) in [5.74, 6) is 0.972. The van der Waals surface area contributed by atoms with Crippen LogP contribution in [0.2, 0.25) is 0 Å². The molecule has 1 aliphatic carbocycles. The molecule has 2 N–H and O–H groups in total. The van der Waals surface area contributed by atoms with Gasteiger partial charge in [0.1, 0.15) is 5.54 Å². The minimum atomic E-state index is -0.688. The molecule has 4 nitrogen and oxygen atoms in total. The van der Waals surface area contributed by atoms with E-state index in [1.54, 1.807) is 11.8 Å². The summed E-state index contributed by atoms with van der Waals surface area (Å²) in [6.45, 7) is 1.73. The van der Waals surface area contributed by atoms with Crippen molar-refractivity contribution in [3.05, 3.63) is 0 Å². The number of carboxylic acid groups (broad SMARTS) is 1. The Labute approximate surface area is 101 Å². The Bertz CT molecular complexity index is 263. The Hall–Kier alpha value is -0.260. The molecule has 0 aromatic carbocycles. The standard InChI is InChI=1S/C11H20N2O2S/c1-13(9-2-3-9)6-5-12-11(10(14)15)4-7-16-8-11/h9,12H,2-8H2,1H3,(H,14,15). The van der Waals surface area contributed by atoms with Gasteiger partial charge in [-0.1, -0.05) is 0 Å². The van der Waals surface area contributed by atoms with E-state index in [0.29, 0.717) is 5.75 Å². The molecule has 2 fully saturated rings. The van der Waals surface area contributed by atoms with Crippen molar-refractivity contribution in [3.8, 4) is 0 Å². The molecule has 0 radical (unpaired) electrons. The number of nitrogens with zero attached hydrogens (tertiary/aromatic N) is 1. The molecule has 0 aromatic rings. The summed E-state index contributed by atoms with van der Waals surface area (Å²) in [5, 5.41) is 12.5. The average molecular weight is 244 g/mol. The number of aliphatic carboxylic acids is 1. The van der Waals surface area contributed by atoms with E-state index in [0.717, 1.165) is 31.3 Å². The quantitative estimate of drug-likeness (QED) is 0.718. The lowest BCUT2D eigenvalue weighted by Gasteiger charge is -2.26. The molecule has 1 saturated carbocycles. The molecule has 5 heteroatoms. The van der Waals surface area contributed by atoms with Crippen LogP contribution in [0.1, 0.15) is 19.3 Å². The minimum Gasteiger partial charge on any atom is -0.480 e. The van der Waals surface area contributed by atoms with Crippen molar-refractivity contribution in [2.24, 2.45) is 0 Å². The zero-order valence-electron chi connectivity index (χ0n) is 9.74. The van der Waals surface area contributed by atoms with Gasteiger partial charge in [-0.25, -0.2) is 0 Å². The summed E-state index contributed by atoms with van der Waals surface area (Å²) in [6, 6.07) is 0.750. The Kier molecular flexibility index (Phi) is 3.77. The van der Waals surface area contributed by atoms with E-state index in [9.17, 15) is 9.90 Å². The molecule has 92 valence electrons. The van der Waals surface area contributed by atoms with Gasteiger partial charge in [-0.3, -0.25) is 10.1 Å². The fourth-order valence-corrected chi connectivity index (χ4v) is 3.47. The van der Waals surface area contributed by atoms with Crippen molar-refractivity contribution in [1.29, 1.82) is 0 Å². The highest BCUT2D eigenvalue weighted by Crippen LogP contribution is 2.28. The maximum atomic E-state index is 11.3. The Morgan fingerprint density at radius 1 is 1.62 bits per heavy atom. The summed E-state index contributed by atoms with van der Waals surface area (Å²) in [7, 11) is 2.12. The molecule has 0 spiro atoms. The van der Waals surface area contributed by atoms with Crippen LogP contribution in [0, 0.1) is 0 Å². The van der Waals surface area contributed by atoms with Gasteiger partial charge in [0.2, 0.25) is 0 Å². The number of carbonyl (C=O) groups is 1. The van der Waals surface area contributed by atoms with Crippen LogP contribution >= 0.6 is 11.8 Å². The maximum Gasteiger partial charge on any atom is 0.324 e. The zero-order valence-corrected chi connectivity index (χ0v) is 10.6. The van der Waals surface area contributed by atoms with Crippen LogP contribution in [0.5, 0.6) is 0 Å². The summed E-state index contributed by atoms with van der Waals surface area (Å²) in [5.41, 5.74) is -0.658. The Morgan fingerprint density at radius 3 is 2.88 bits per heavy atom. The minimum absolute atomic E-state index is 0.658. The fraction of sp³-hybridized carbons (Fsp3) is 0.909. The molecule has 2 rings (SSSR count). The van der Waals surface area contributed by atoms with Crippen LogP contribution < -0.4 is 5.32 Å². The van der Waals surface area contributed by atoms with Crippen molar-refractivity contribution in [2.45, 2.75) is 30.8 Å². The van der Waals surface area contributed by atoms with Crippen LogP contribution in [0.3, 0.4) is 0 Å². The van der Waals surface area contributed by atoms with Gasteiger partial charge in [-0.15, -0.1) is 0 Å². The summed E-state index contributed by atoms with van der Waals surface area (Å²) in [6.07, 6.45) is 3.35. The van der Waals surface area contributed by atoms with Gasteiger partial charge in [-0.2, -0.15) is 11.8 Å². The third-order valence-corrected chi connectivity index (χ3v) is 4.72. The number of carboxylic acids is 1. The molecular formula is C11H20N2O2S. The third kappa shape index (κ3) is 2.70. The smallest absolute Gasteiger partial charge is 0.324 e. The SMILES string of the molecule is CN(CCNC1(C(=O)O)CCSC1)C1CC1. The fourth-order valence-electron chi connectivity index (χ4n) is 2.12. The van der Waals surface area contributed by atoms with Crippen molar-refractivity contribution >= 4 is 17.7 Å². The van der Waals surface area contributed by atoms with Crippen LogP contribution in [0.4, 0.5) is 0 Å². The van der Waals surface area contributed by atoms with Crippen molar-refractivity contribution in [1.82, 2.24) is 10.2 Å². The topological polar surface area (TPSA) is 52.6 Å². The molecule has 2 aliphatic rings. The van der Waals surface area contributed by atoms with E-state index >= 15 is 0 Å². The number of hydrogen-bond acceptors (Lipinski definition) is 4. The first-order valence-corrected chi connectivity index (χ1v) is 7.06. The summed E-state index contributed by atoms with van der Waals surface area (Å²) < 4.78 is 0. The highest BCUT2D eigenvalue weighted by Gasteiger charge is 2.41. The van der Waals surface area contributed by atoms with Crippen molar-refractivity contribution in [2.75, 3.05) is 31.6 Å². The highest BCUT2D eigenvalue weighted by atomic mass is 32.2. The molecule has 1 atom stereocenters. The number of likely N-dealkylation sites (N-methyl/N-ethyl adjacent to an activating group) is 1. The van der Waals surface area contributed by atoms with E-state index in [1.165, 1.54) is 12.8 Å². The number of rotatable bonds is 6. The molecule has 0 bridgehead atoms. The second kappa shape index (κ2) is 4.94. The van der Waals surface area contributed by atoms with Gasteiger partial charge in [0.15, 0.2) is 0 Å². The Balaban J connectivity index is 1.75.